The monoisotopic (exact) mass is 432 g/mol. The Kier molecular flexibility index (Phi) is 6.56. The van der Waals surface area contributed by atoms with Crippen molar-refractivity contribution >= 4 is 0 Å². The smallest absolute Gasteiger partial charge is 0.0179 e. The number of benzene rings is 4. The predicted molar refractivity (Wildman–Crippen MR) is 142 cm³/mol. The van der Waals surface area contributed by atoms with Crippen LogP contribution in [-0.4, -0.2) is 0 Å². The van der Waals surface area contributed by atoms with E-state index in [4.69, 9.17) is 0 Å². The molecule has 33 heavy (non-hydrogen) atoms. The third-order valence-corrected chi connectivity index (χ3v) is 7.31. The van der Waals surface area contributed by atoms with Gasteiger partial charge in [-0.2, -0.15) is 0 Å². The van der Waals surface area contributed by atoms with Crippen molar-refractivity contribution in [3.05, 3.63) is 144 Å². The lowest BCUT2D eigenvalue weighted by molar-refractivity contribution is 0.211. The van der Waals surface area contributed by atoms with Crippen molar-refractivity contribution in [2.24, 2.45) is 5.41 Å². The minimum Gasteiger partial charge on any atom is -0.0622 e. The van der Waals surface area contributed by atoms with Crippen molar-refractivity contribution in [2.45, 2.75) is 51.4 Å². The first-order valence-electron chi connectivity index (χ1n) is 12.1. The molecule has 0 amide bonds. The van der Waals surface area contributed by atoms with Crippen molar-refractivity contribution in [1.82, 2.24) is 0 Å². The molecule has 0 aliphatic carbocycles. The summed E-state index contributed by atoms with van der Waals surface area (Å²) in [6.07, 6.45) is 2.12. The van der Waals surface area contributed by atoms with E-state index in [1.807, 2.05) is 0 Å². The Morgan fingerprint density at radius 2 is 0.576 bits per heavy atom. The van der Waals surface area contributed by atoms with Gasteiger partial charge in [0.15, 0.2) is 0 Å². The topological polar surface area (TPSA) is 0 Å². The largest absolute Gasteiger partial charge is 0.0622 e. The Labute approximate surface area is 200 Å². The molecule has 0 unspecified atom stereocenters. The van der Waals surface area contributed by atoms with E-state index < -0.39 is 0 Å². The molecule has 0 nitrogen and oxygen atoms in total. The summed E-state index contributed by atoms with van der Waals surface area (Å²) in [7, 11) is 0. The lowest BCUT2D eigenvalue weighted by Gasteiger charge is -2.44. The van der Waals surface area contributed by atoms with E-state index in [1.54, 1.807) is 0 Å². The van der Waals surface area contributed by atoms with Crippen LogP contribution >= 0.6 is 0 Å². The highest BCUT2D eigenvalue weighted by atomic mass is 14.4. The normalized spacial score (nSPS) is 12.5. The SMILES string of the molecule is CC(C)(CC(C)(c1ccccc1)c1ccccc1)CC(C)(c1ccccc1)c1ccccc1. The third kappa shape index (κ3) is 4.96. The van der Waals surface area contributed by atoms with Gasteiger partial charge in [0, 0.05) is 10.8 Å². The molecule has 4 aromatic carbocycles. The average Bonchev–Trinajstić information content (AvgIpc) is 2.85. The number of hydrogen-bond donors (Lipinski definition) is 0. The van der Waals surface area contributed by atoms with Crippen molar-refractivity contribution in [1.29, 1.82) is 0 Å². The van der Waals surface area contributed by atoms with Crippen LogP contribution in [0.25, 0.3) is 0 Å². The molecule has 0 radical (unpaired) electrons. The first-order valence-corrected chi connectivity index (χ1v) is 12.1. The highest BCUT2D eigenvalue weighted by molar-refractivity contribution is 5.41. The van der Waals surface area contributed by atoms with Gasteiger partial charge < -0.3 is 0 Å². The van der Waals surface area contributed by atoms with Gasteiger partial charge in [0.1, 0.15) is 0 Å². The maximum Gasteiger partial charge on any atom is 0.0179 e. The zero-order valence-electron chi connectivity index (χ0n) is 20.5. The van der Waals surface area contributed by atoms with Crippen LogP contribution in [-0.2, 0) is 10.8 Å². The van der Waals surface area contributed by atoms with Crippen molar-refractivity contribution in [2.75, 3.05) is 0 Å². The minimum atomic E-state index is -0.0691. The Morgan fingerprint density at radius 1 is 0.364 bits per heavy atom. The van der Waals surface area contributed by atoms with Gasteiger partial charge in [-0.05, 0) is 40.5 Å². The summed E-state index contributed by atoms with van der Waals surface area (Å²) in [5.41, 5.74) is 5.47. The molecular weight excluding hydrogens is 396 g/mol. The molecule has 4 rings (SSSR count). The second-order valence-electron chi connectivity index (χ2n) is 10.6. The lowest BCUT2D eigenvalue weighted by Crippen LogP contribution is -2.36. The molecule has 0 heteroatoms. The molecule has 0 bridgehead atoms. The van der Waals surface area contributed by atoms with Crippen molar-refractivity contribution in [3.8, 4) is 0 Å². The van der Waals surface area contributed by atoms with Gasteiger partial charge in [-0.25, -0.2) is 0 Å². The van der Waals surface area contributed by atoms with Gasteiger partial charge in [-0.3, -0.25) is 0 Å². The van der Waals surface area contributed by atoms with E-state index in [9.17, 15) is 0 Å². The van der Waals surface area contributed by atoms with Crippen LogP contribution in [0.1, 0.15) is 62.8 Å². The van der Waals surface area contributed by atoms with E-state index in [0.29, 0.717) is 0 Å². The molecule has 168 valence electrons. The molecule has 0 saturated carbocycles. The zero-order chi connectivity index (χ0) is 23.4. The quantitative estimate of drug-likeness (QED) is 0.261. The molecule has 0 N–H and O–H groups in total. The molecule has 0 aliphatic rings. The van der Waals surface area contributed by atoms with Crippen LogP contribution in [0.3, 0.4) is 0 Å². The fourth-order valence-corrected chi connectivity index (χ4v) is 5.94. The first-order chi connectivity index (χ1) is 15.8. The van der Waals surface area contributed by atoms with Crippen LogP contribution in [0.4, 0.5) is 0 Å². The van der Waals surface area contributed by atoms with Crippen LogP contribution in [0.5, 0.6) is 0 Å². The summed E-state index contributed by atoms with van der Waals surface area (Å²) in [5, 5.41) is 0. The molecule has 0 fully saturated rings. The molecule has 4 aromatic rings. The molecule has 0 atom stereocenters. The van der Waals surface area contributed by atoms with Gasteiger partial charge >= 0.3 is 0 Å². The molecule has 0 aromatic heterocycles. The summed E-state index contributed by atoms with van der Waals surface area (Å²) < 4.78 is 0. The molecule has 0 aliphatic heterocycles. The van der Waals surface area contributed by atoms with Gasteiger partial charge in [-0.15, -0.1) is 0 Å². The van der Waals surface area contributed by atoms with Gasteiger partial charge in [0.05, 0.1) is 0 Å². The van der Waals surface area contributed by atoms with Crippen LogP contribution in [0, 0.1) is 5.41 Å². The summed E-state index contributed by atoms with van der Waals surface area (Å²) in [6.45, 7) is 9.73. The van der Waals surface area contributed by atoms with Crippen molar-refractivity contribution in [3.63, 3.8) is 0 Å². The first kappa shape index (κ1) is 23.1. The van der Waals surface area contributed by atoms with E-state index in [0.717, 1.165) is 12.8 Å². The predicted octanol–water partition coefficient (Wildman–Crippen LogP) is 8.81. The Hall–Kier alpha value is -3.12. The van der Waals surface area contributed by atoms with Gasteiger partial charge in [0.2, 0.25) is 0 Å². The highest BCUT2D eigenvalue weighted by Gasteiger charge is 2.41. The summed E-state index contributed by atoms with van der Waals surface area (Å²) >= 11 is 0. The lowest BCUT2D eigenvalue weighted by atomic mass is 9.60. The summed E-state index contributed by atoms with van der Waals surface area (Å²) in [5.74, 6) is 0. The van der Waals surface area contributed by atoms with Gasteiger partial charge in [0.25, 0.3) is 0 Å². The van der Waals surface area contributed by atoms with E-state index in [-0.39, 0.29) is 16.2 Å². The fourth-order valence-electron chi connectivity index (χ4n) is 5.94. The fraction of sp³-hybridized carbons (Fsp3) is 0.273. The second kappa shape index (κ2) is 9.40. The van der Waals surface area contributed by atoms with E-state index in [2.05, 4.69) is 149 Å². The molecule has 0 saturated heterocycles. The van der Waals surface area contributed by atoms with Crippen LogP contribution in [0.2, 0.25) is 0 Å². The number of rotatable bonds is 8. The van der Waals surface area contributed by atoms with E-state index >= 15 is 0 Å². The maximum absolute atomic E-state index is 2.45. The third-order valence-electron chi connectivity index (χ3n) is 7.31. The number of hydrogen-bond acceptors (Lipinski definition) is 0. The van der Waals surface area contributed by atoms with E-state index in [1.165, 1.54) is 22.3 Å². The van der Waals surface area contributed by atoms with Gasteiger partial charge in [-0.1, -0.05) is 149 Å². The Bertz CT molecular complexity index is 954. The molecule has 0 heterocycles. The molecular formula is C33H36. The maximum atomic E-state index is 2.45. The van der Waals surface area contributed by atoms with Crippen molar-refractivity contribution < 1.29 is 0 Å². The van der Waals surface area contributed by atoms with Crippen LogP contribution in [0.15, 0.2) is 121 Å². The summed E-state index contributed by atoms with van der Waals surface area (Å²) in [6, 6.07) is 44.1. The minimum absolute atomic E-state index is 0.0691. The standard InChI is InChI=1S/C33H36/c1-31(2,25-32(3,27-17-9-5-10-18-27)28-19-11-6-12-20-28)26-33(4,29-21-13-7-14-22-29)30-23-15-8-16-24-30/h5-24H,25-26H2,1-4H3. The Balaban J connectivity index is 1.75. The molecule has 0 spiro atoms. The average molecular weight is 433 g/mol. The Morgan fingerprint density at radius 3 is 0.788 bits per heavy atom. The zero-order valence-corrected chi connectivity index (χ0v) is 20.5. The highest BCUT2D eigenvalue weighted by Crippen LogP contribution is 2.49. The van der Waals surface area contributed by atoms with Crippen LogP contribution < -0.4 is 0 Å². The second-order valence-corrected chi connectivity index (χ2v) is 10.6. The summed E-state index contributed by atoms with van der Waals surface area (Å²) in [4.78, 5) is 0.